The molecule has 1 atom stereocenters. The van der Waals surface area contributed by atoms with Crippen LogP contribution in [0.2, 0.25) is 0 Å². The minimum Gasteiger partial charge on any atom is -0.444 e. The van der Waals surface area contributed by atoms with Gasteiger partial charge in [0.1, 0.15) is 11.4 Å². The first-order valence-corrected chi connectivity index (χ1v) is 11.6. The molecule has 8 nitrogen and oxygen atoms in total. The molecule has 29 heavy (non-hydrogen) atoms. The van der Waals surface area contributed by atoms with Gasteiger partial charge in [0.05, 0.1) is 0 Å². The predicted molar refractivity (Wildman–Crippen MR) is 113 cm³/mol. The SMILES string of the molecule is CC(C)(C)OC(=O)N1C[C@@H](CCCCNc2cccc(S(N)(=O)=O)n2)CC1(C)C. The highest BCUT2D eigenvalue weighted by Gasteiger charge is 2.42. The summed E-state index contributed by atoms with van der Waals surface area (Å²) in [4.78, 5) is 18.4. The van der Waals surface area contributed by atoms with Crippen LogP contribution in [0.4, 0.5) is 10.6 Å². The number of rotatable bonds is 7. The van der Waals surface area contributed by atoms with E-state index in [1.54, 1.807) is 12.1 Å². The zero-order valence-electron chi connectivity index (χ0n) is 18.1. The molecule has 164 valence electrons. The molecule has 0 aliphatic carbocycles. The van der Waals surface area contributed by atoms with Gasteiger partial charge in [-0.1, -0.05) is 12.5 Å². The number of ether oxygens (including phenoxy) is 1. The van der Waals surface area contributed by atoms with Gasteiger partial charge >= 0.3 is 6.09 Å². The Morgan fingerprint density at radius 3 is 2.66 bits per heavy atom. The number of nitrogens with two attached hydrogens (primary N) is 1. The monoisotopic (exact) mass is 426 g/mol. The number of anilines is 1. The van der Waals surface area contributed by atoms with Crippen LogP contribution in [0.5, 0.6) is 0 Å². The molecule has 1 aromatic heterocycles. The third-order valence-electron chi connectivity index (χ3n) is 4.93. The van der Waals surface area contributed by atoms with Crippen LogP contribution in [0, 0.1) is 5.92 Å². The normalized spacial score (nSPS) is 19.2. The van der Waals surface area contributed by atoms with Gasteiger partial charge in [-0.05, 0) is 71.9 Å². The molecule has 3 N–H and O–H groups in total. The van der Waals surface area contributed by atoms with E-state index in [9.17, 15) is 13.2 Å². The van der Waals surface area contributed by atoms with Crippen molar-refractivity contribution in [2.24, 2.45) is 11.1 Å². The van der Waals surface area contributed by atoms with E-state index >= 15 is 0 Å². The molecule has 1 aliphatic heterocycles. The van der Waals surface area contributed by atoms with Gasteiger partial charge in [0, 0.05) is 18.6 Å². The predicted octanol–water partition coefficient (Wildman–Crippen LogP) is 3.35. The summed E-state index contributed by atoms with van der Waals surface area (Å²) in [6, 6.07) is 4.70. The van der Waals surface area contributed by atoms with Crippen LogP contribution in [0.25, 0.3) is 0 Å². The third-order valence-corrected chi connectivity index (χ3v) is 5.74. The largest absolute Gasteiger partial charge is 0.444 e. The van der Waals surface area contributed by atoms with Crippen molar-refractivity contribution in [2.45, 2.75) is 76.5 Å². The number of primary sulfonamides is 1. The number of likely N-dealkylation sites (tertiary alicyclic amines) is 1. The topological polar surface area (TPSA) is 115 Å². The third kappa shape index (κ3) is 7.15. The van der Waals surface area contributed by atoms with E-state index in [0.717, 1.165) is 25.7 Å². The summed E-state index contributed by atoms with van der Waals surface area (Å²) in [5, 5.41) is 8.10. The number of pyridine rings is 1. The molecule has 0 spiro atoms. The highest BCUT2D eigenvalue weighted by atomic mass is 32.2. The number of carbonyl (C=O) groups excluding carboxylic acids is 1. The maximum Gasteiger partial charge on any atom is 0.410 e. The number of hydrogen-bond acceptors (Lipinski definition) is 6. The first-order chi connectivity index (χ1) is 13.3. The Hall–Kier alpha value is -1.87. The molecule has 0 unspecified atom stereocenters. The first kappa shape index (κ1) is 23.4. The van der Waals surface area contributed by atoms with E-state index in [0.29, 0.717) is 24.8 Å². The number of nitrogens with one attached hydrogen (secondary N) is 1. The Labute approximate surface area is 174 Å². The van der Waals surface area contributed by atoms with Gasteiger partial charge in [-0.3, -0.25) is 0 Å². The zero-order chi connectivity index (χ0) is 21.9. The number of nitrogens with zero attached hydrogens (tertiary/aromatic N) is 2. The van der Waals surface area contributed by atoms with Crippen LogP contribution in [0.3, 0.4) is 0 Å². The second-order valence-electron chi connectivity index (χ2n) is 9.30. The summed E-state index contributed by atoms with van der Waals surface area (Å²) in [5.41, 5.74) is -0.700. The van der Waals surface area contributed by atoms with Crippen LogP contribution in [-0.2, 0) is 14.8 Å². The van der Waals surface area contributed by atoms with Crippen LogP contribution >= 0.6 is 0 Å². The van der Waals surface area contributed by atoms with E-state index in [1.165, 1.54) is 6.07 Å². The second kappa shape index (κ2) is 8.87. The van der Waals surface area contributed by atoms with Gasteiger partial charge in [-0.25, -0.2) is 23.3 Å². The van der Waals surface area contributed by atoms with Crippen molar-refractivity contribution in [3.8, 4) is 0 Å². The summed E-state index contributed by atoms with van der Waals surface area (Å²) in [6.45, 7) is 11.2. The average molecular weight is 427 g/mol. The Balaban J connectivity index is 1.77. The highest BCUT2D eigenvalue weighted by Crippen LogP contribution is 2.36. The molecule has 1 amide bonds. The lowest BCUT2D eigenvalue weighted by molar-refractivity contribution is 0.0131. The number of unbranched alkanes of at least 4 members (excludes halogenated alkanes) is 1. The van der Waals surface area contributed by atoms with Gasteiger partial charge < -0.3 is 15.0 Å². The van der Waals surface area contributed by atoms with Gasteiger partial charge in [0.2, 0.25) is 0 Å². The fraction of sp³-hybridized carbons (Fsp3) is 0.700. The van der Waals surface area contributed by atoms with Crippen LogP contribution in [0.1, 0.15) is 60.3 Å². The van der Waals surface area contributed by atoms with Gasteiger partial charge in [-0.15, -0.1) is 0 Å². The van der Waals surface area contributed by atoms with E-state index in [4.69, 9.17) is 9.88 Å². The van der Waals surface area contributed by atoms with Crippen molar-refractivity contribution in [1.82, 2.24) is 9.88 Å². The average Bonchev–Trinajstić information content (AvgIpc) is 2.87. The lowest BCUT2D eigenvalue weighted by Gasteiger charge is -2.33. The van der Waals surface area contributed by atoms with Crippen LogP contribution in [0.15, 0.2) is 23.2 Å². The number of hydrogen-bond donors (Lipinski definition) is 2. The molecule has 1 aliphatic rings. The molecule has 0 saturated carbocycles. The zero-order valence-corrected chi connectivity index (χ0v) is 18.9. The van der Waals surface area contributed by atoms with Gasteiger partial charge in [0.25, 0.3) is 10.0 Å². The summed E-state index contributed by atoms with van der Waals surface area (Å²) in [6.07, 6.45) is 3.66. The second-order valence-corrected chi connectivity index (χ2v) is 10.8. The molecule has 9 heteroatoms. The van der Waals surface area contributed by atoms with Crippen molar-refractivity contribution < 1.29 is 17.9 Å². The fourth-order valence-electron chi connectivity index (χ4n) is 3.66. The maximum absolute atomic E-state index is 12.5. The Morgan fingerprint density at radius 1 is 1.34 bits per heavy atom. The Bertz CT molecular complexity index is 818. The minimum absolute atomic E-state index is 0.141. The summed E-state index contributed by atoms with van der Waals surface area (Å²) in [7, 11) is -3.80. The molecule has 2 heterocycles. The quantitative estimate of drug-likeness (QED) is 0.646. The number of amides is 1. The first-order valence-electron chi connectivity index (χ1n) is 10.0. The molecular weight excluding hydrogens is 392 g/mol. The number of aromatic nitrogens is 1. The van der Waals surface area contributed by atoms with E-state index in [1.807, 2.05) is 25.7 Å². The number of sulfonamides is 1. The molecule has 0 bridgehead atoms. The maximum atomic E-state index is 12.5. The van der Waals surface area contributed by atoms with Crippen molar-refractivity contribution >= 4 is 21.9 Å². The van der Waals surface area contributed by atoms with Crippen molar-refractivity contribution in [2.75, 3.05) is 18.4 Å². The van der Waals surface area contributed by atoms with Crippen LogP contribution in [-0.4, -0.2) is 48.6 Å². The molecular formula is C20H34N4O4S. The Morgan fingerprint density at radius 2 is 2.03 bits per heavy atom. The molecule has 1 fully saturated rings. The van der Waals surface area contributed by atoms with Crippen molar-refractivity contribution in [3.05, 3.63) is 18.2 Å². The van der Waals surface area contributed by atoms with Gasteiger partial charge in [-0.2, -0.15) is 0 Å². The van der Waals surface area contributed by atoms with E-state index < -0.39 is 15.6 Å². The fourth-order valence-corrected chi connectivity index (χ4v) is 4.16. The lowest BCUT2D eigenvalue weighted by Crippen LogP contribution is -2.45. The summed E-state index contributed by atoms with van der Waals surface area (Å²) >= 11 is 0. The van der Waals surface area contributed by atoms with E-state index in [-0.39, 0.29) is 16.7 Å². The van der Waals surface area contributed by atoms with Gasteiger partial charge in [0.15, 0.2) is 5.03 Å². The van der Waals surface area contributed by atoms with E-state index in [2.05, 4.69) is 24.1 Å². The molecule has 0 radical (unpaired) electrons. The minimum atomic E-state index is -3.80. The smallest absolute Gasteiger partial charge is 0.410 e. The summed E-state index contributed by atoms with van der Waals surface area (Å²) < 4.78 is 28.3. The Kier molecular flexibility index (Phi) is 7.16. The number of carbonyl (C=O) groups is 1. The molecule has 1 aromatic rings. The summed E-state index contributed by atoms with van der Waals surface area (Å²) in [5.74, 6) is 0.941. The highest BCUT2D eigenvalue weighted by molar-refractivity contribution is 7.89. The van der Waals surface area contributed by atoms with Crippen molar-refractivity contribution in [1.29, 1.82) is 0 Å². The van der Waals surface area contributed by atoms with Crippen LogP contribution < -0.4 is 10.5 Å². The molecule has 2 rings (SSSR count). The molecule has 0 aromatic carbocycles. The van der Waals surface area contributed by atoms with Crippen molar-refractivity contribution in [3.63, 3.8) is 0 Å². The lowest BCUT2D eigenvalue weighted by atomic mass is 9.93. The molecule has 1 saturated heterocycles. The standard InChI is InChI=1S/C20H34N4O4S/c1-19(2,3)28-18(25)24-14-15(13-20(24,4)5)9-6-7-12-22-16-10-8-11-17(23-16)29(21,26)27/h8,10-11,15H,6-7,9,12-14H2,1-5H3,(H,22,23)(H2,21,26,27)/t15-/m0/s1.